The van der Waals surface area contributed by atoms with E-state index in [0.29, 0.717) is 17.1 Å². The number of rotatable bonds is 5. The molecule has 0 aliphatic carbocycles. The van der Waals surface area contributed by atoms with E-state index in [1.807, 2.05) is 37.3 Å². The van der Waals surface area contributed by atoms with Crippen molar-refractivity contribution in [3.05, 3.63) is 60.3 Å². The Morgan fingerprint density at radius 1 is 0.971 bits per heavy atom. The summed E-state index contributed by atoms with van der Waals surface area (Å²) in [6, 6.07) is 14.4. The second-order valence-electron chi connectivity index (χ2n) is 10.5. The van der Waals surface area contributed by atoms with Crippen LogP contribution in [-0.4, -0.2) is 40.1 Å². The molecule has 3 aromatic rings. The first-order chi connectivity index (χ1) is 15.8. The molecule has 0 amide bonds. The Labute approximate surface area is 201 Å². The number of benzene rings is 2. The predicted octanol–water partition coefficient (Wildman–Crippen LogP) is 5.09. The van der Waals surface area contributed by atoms with Crippen LogP contribution in [0.3, 0.4) is 0 Å². The van der Waals surface area contributed by atoms with Crippen LogP contribution in [0.2, 0.25) is 0 Å². The van der Waals surface area contributed by atoms with Gasteiger partial charge in [-0.1, -0.05) is 42.0 Å². The molecule has 1 fully saturated rings. The number of hydrogen-bond acceptors (Lipinski definition) is 6. The molecule has 1 aromatic heterocycles. The highest BCUT2D eigenvalue weighted by atomic mass is 32.2. The van der Waals surface area contributed by atoms with E-state index in [0.717, 1.165) is 29.7 Å². The van der Waals surface area contributed by atoms with Crippen molar-refractivity contribution in [3.63, 3.8) is 0 Å². The van der Waals surface area contributed by atoms with Crippen LogP contribution < -0.4 is 10.6 Å². The lowest BCUT2D eigenvalue weighted by Gasteiger charge is -2.46. The van der Waals surface area contributed by atoms with Crippen LogP contribution in [0.5, 0.6) is 0 Å². The molecular weight excluding hydrogens is 448 g/mol. The van der Waals surface area contributed by atoms with Gasteiger partial charge in [-0.05, 0) is 65.2 Å². The van der Waals surface area contributed by atoms with Gasteiger partial charge in [0.1, 0.15) is 4.90 Å². The lowest BCUT2D eigenvalue weighted by Crippen LogP contribution is -2.60. The van der Waals surface area contributed by atoms with E-state index in [-0.39, 0.29) is 22.0 Å². The minimum absolute atomic E-state index is 0.0174. The minimum Gasteiger partial charge on any atom is -0.351 e. The Morgan fingerprint density at radius 3 is 2.21 bits per heavy atom. The van der Waals surface area contributed by atoms with E-state index in [1.165, 1.54) is 6.07 Å². The molecule has 4 rings (SSSR count). The van der Waals surface area contributed by atoms with Crippen molar-refractivity contribution in [1.82, 2.24) is 15.3 Å². The average molecular weight is 481 g/mol. The maximum absolute atomic E-state index is 11.8. The Hall–Kier alpha value is -2.81. The van der Waals surface area contributed by atoms with Gasteiger partial charge in [0.2, 0.25) is 5.95 Å². The number of anilines is 1. The Morgan fingerprint density at radius 2 is 1.59 bits per heavy atom. The first-order valence-corrected chi connectivity index (χ1v) is 12.8. The zero-order valence-corrected chi connectivity index (χ0v) is 21.1. The second-order valence-corrected chi connectivity index (χ2v) is 11.8. The van der Waals surface area contributed by atoms with Gasteiger partial charge in [0.05, 0.1) is 5.69 Å². The van der Waals surface area contributed by atoms with Gasteiger partial charge in [-0.25, -0.2) is 9.97 Å². The monoisotopic (exact) mass is 480 g/mol. The van der Waals surface area contributed by atoms with Crippen LogP contribution >= 0.6 is 0 Å². The summed E-state index contributed by atoms with van der Waals surface area (Å²) in [5.74, 6) is 0.590. The van der Waals surface area contributed by atoms with Crippen molar-refractivity contribution in [3.8, 4) is 22.4 Å². The van der Waals surface area contributed by atoms with E-state index in [4.69, 9.17) is 4.98 Å². The largest absolute Gasteiger partial charge is 0.351 e. The number of aromatic nitrogens is 2. The molecule has 1 aliphatic rings. The standard InChI is InChI=1S/C26H32N4O3S/c1-17-6-11-23(34(31,32)33)21(14-17)18-7-9-19(10-8-18)22-12-13-27-24(29-22)28-20-15-25(2,3)30-26(4,5)16-20/h6-14,20,30H,15-16H2,1-5H3,(H,27,28,29)(H,31,32,33). The molecular formula is C26H32N4O3S. The first-order valence-electron chi connectivity index (χ1n) is 11.4. The van der Waals surface area contributed by atoms with Crippen LogP contribution in [0.25, 0.3) is 22.4 Å². The Balaban J connectivity index is 1.58. The topological polar surface area (TPSA) is 104 Å². The summed E-state index contributed by atoms with van der Waals surface area (Å²) in [4.78, 5) is 9.05. The molecule has 34 heavy (non-hydrogen) atoms. The van der Waals surface area contributed by atoms with Gasteiger partial charge in [-0.15, -0.1) is 0 Å². The predicted molar refractivity (Wildman–Crippen MR) is 135 cm³/mol. The zero-order valence-electron chi connectivity index (χ0n) is 20.3. The lowest BCUT2D eigenvalue weighted by atomic mass is 9.80. The number of hydrogen-bond donors (Lipinski definition) is 3. The highest BCUT2D eigenvalue weighted by Crippen LogP contribution is 2.32. The van der Waals surface area contributed by atoms with E-state index in [9.17, 15) is 13.0 Å². The van der Waals surface area contributed by atoms with Crippen molar-refractivity contribution in [1.29, 1.82) is 0 Å². The number of piperidine rings is 1. The van der Waals surface area contributed by atoms with Gasteiger partial charge in [-0.2, -0.15) is 8.42 Å². The van der Waals surface area contributed by atoms with E-state index in [2.05, 4.69) is 43.3 Å². The van der Waals surface area contributed by atoms with Crippen molar-refractivity contribution in [2.45, 2.75) is 69.5 Å². The SMILES string of the molecule is Cc1ccc(S(=O)(=O)O)c(-c2ccc(-c3ccnc(NC4CC(C)(C)NC(C)(C)C4)n3)cc2)c1. The third-order valence-electron chi connectivity index (χ3n) is 6.08. The van der Waals surface area contributed by atoms with Gasteiger partial charge < -0.3 is 10.6 Å². The average Bonchev–Trinajstić information content (AvgIpc) is 2.71. The molecule has 0 radical (unpaired) electrons. The third kappa shape index (κ3) is 5.63. The molecule has 2 aromatic carbocycles. The molecule has 0 bridgehead atoms. The Bertz CT molecular complexity index is 1290. The summed E-state index contributed by atoms with van der Waals surface area (Å²) >= 11 is 0. The fraction of sp³-hybridized carbons (Fsp3) is 0.385. The molecule has 0 atom stereocenters. The summed E-state index contributed by atoms with van der Waals surface area (Å²) in [6.45, 7) is 10.7. The molecule has 0 unspecified atom stereocenters. The Kier molecular flexibility index (Phi) is 6.27. The van der Waals surface area contributed by atoms with Gasteiger partial charge >= 0.3 is 0 Å². The van der Waals surface area contributed by atoms with Crippen LogP contribution in [0.15, 0.2) is 59.6 Å². The summed E-state index contributed by atoms with van der Waals surface area (Å²) in [6.07, 6.45) is 3.67. The maximum atomic E-state index is 11.8. The normalized spacial score (nSPS) is 17.9. The van der Waals surface area contributed by atoms with Gasteiger partial charge in [0.15, 0.2) is 0 Å². The highest BCUT2D eigenvalue weighted by Gasteiger charge is 2.37. The summed E-state index contributed by atoms with van der Waals surface area (Å²) in [5, 5.41) is 7.20. The molecule has 1 saturated heterocycles. The summed E-state index contributed by atoms with van der Waals surface area (Å²) in [5.41, 5.74) is 3.77. The van der Waals surface area contributed by atoms with Crippen LogP contribution in [-0.2, 0) is 10.1 Å². The van der Waals surface area contributed by atoms with Crippen LogP contribution in [0, 0.1) is 6.92 Å². The molecule has 2 heterocycles. The van der Waals surface area contributed by atoms with E-state index < -0.39 is 10.1 Å². The molecule has 8 heteroatoms. The number of nitrogens with zero attached hydrogens (tertiary/aromatic N) is 2. The molecule has 1 aliphatic heterocycles. The number of nitrogens with one attached hydrogen (secondary N) is 2. The van der Waals surface area contributed by atoms with Crippen molar-refractivity contribution < 1.29 is 13.0 Å². The lowest BCUT2D eigenvalue weighted by molar-refractivity contribution is 0.170. The second kappa shape index (κ2) is 8.76. The molecule has 0 saturated carbocycles. The van der Waals surface area contributed by atoms with Gasteiger partial charge in [0.25, 0.3) is 10.1 Å². The van der Waals surface area contributed by atoms with Crippen molar-refractivity contribution in [2.24, 2.45) is 0 Å². The van der Waals surface area contributed by atoms with E-state index in [1.54, 1.807) is 18.3 Å². The van der Waals surface area contributed by atoms with E-state index >= 15 is 0 Å². The molecule has 7 nitrogen and oxygen atoms in total. The first kappa shape index (κ1) is 24.3. The van der Waals surface area contributed by atoms with Crippen molar-refractivity contribution in [2.75, 3.05) is 5.32 Å². The smallest absolute Gasteiger partial charge is 0.295 e. The zero-order chi connectivity index (χ0) is 24.7. The third-order valence-corrected chi connectivity index (χ3v) is 7.00. The van der Waals surface area contributed by atoms with Crippen LogP contribution in [0.1, 0.15) is 46.1 Å². The molecule has 180 valence electrons. The minimum atomic E-state index is -4.33. The van der Waals surface area contributed by atoms with Gasteiger partial charge in [-0.3, -0.25) is 4.55 Å². The molecule has 3 N–H and O–H groups in total. The fourth-order valence-electron chi connectivity index (χ4n) is 5.11. The summed E-state index contributed by atoms with van der Waals surface area (Å²) < 4.78 is 33.3. The fourth-order valence-corrected chi connectivity index (χ4v) is 5.81. The van der Waals surface area contributed by atoms with Crippen LogP contribution in [0.4, 0.5) is 5.95 Å². The summed E-state index contributed by atoms with van der Waals surface area (Å²) in [7, 11) is -4.33. The quantitative estimate of drug-likeness (QED) is 0.437. The molecule has 0 spiro atoms. The van der Waals surface area contributed by atoms with Gasteiger partial charge in [0, 0.05) is 34.4 Å². The highest BCUT2D eigenvalue weighted by molar-refractivity contribution is 7.86. The van der Waals surface area contributed by atoms with Crippen molar-refractivity contribution >= 4 is 16.1 Å². The number of aryl methyl sites for hydroxylation is 1. The maximum Gasteiger partial charge on any atom is 0.295 e.